The van der Waals surface area contributed by atoms with Gasteiger partial charge >= 0.3 is 0 Å². The molecular formula is C14H19ClO2S. The molecular weight excluding hydrogens is 268 g/mol. The van der Waals surface area contributed by atoms with Gasteiger partial charge in [0.15, 0.2) is 5.78 Å². The molecule has 2 rings (SSSR count). The van der Waals surface area contributed by atoms with E-state index < -0.39 is 5.60 Å². The number of hydrogen-bond donors (Lipinski definition) is 0. The molecule has 4 heteroatoms. The van der Waals surface area contributed by atoms with Crippen molar-refractivity contribution in [2.45, 2.75) is 44.6 Å². The Bertz CT molecular complexity index is 429. The van der Waals surface area contributed by atoms with Crippen LogP contribution in [0.4, 0.5) is 0 Å². The second-order valence-electron chi connectivity index (χ2n) is 5.21. The van der Waals surface area contributed by atoms with Crippen molar-refractivity contribution < 1.29 is 9.53 Å². The van der Waals surface area contributed by atoms with Crippen LogP contribution in [0.1, 0.15) is 37.5 Å². The van der Waals surface area contributed by atoms with Crippen LogP contribution < -0.4 is 0 Å². The maximum absolute atomic E-state index is 12.5. The van der Waals surface area contributed by atoms with Crippen molar-refractivity contribution in [2.24, 2.45) is 5.92 Å². The molecule has 0 aliphatic heterocycles. The van der Waals surface area contributed by atoms with Gasteiger partial charge in [-0.15, -0.1) is 11.3 Å². The number of carbonyl (C=O) groups is 1. The molecule has 0 amide bonds. The van der Waals surface area contributed by atoms with Crippen molar-refractivity contribution in [2.75, 3.05) is 7.11 Å². The lowest BCUT2D eigenvalue weighted by molar-refractivity contribution is -0.146. The molecule has 2 atom stereocenters. The van der Waals surface area contributed by atoms with Crippen LogP contribution >= 0.6 is 22.9 Å². The highest BCUT2D eigenvalue weighted by molar-refractivity contribution is 7.16. The van der Waals surface area contributed by atoms with Crippen molar-refractivity contribution >= 4 is 28.7 Å². The quantitative estimate of drug-likeness (QED) is 0.833. The van der Waals surface area contributed by atoms with E-state index in [0.29, 0.717) is 12.3 Å². The predicted molar refractivity (Wildman–Crippen MR) is 75.4 cm³/mol. The SMILES string of the molecule is COC1(C(=O)Cc2ccc(Cl)s2)CCCC(C)C1. The molecule has 0 spiro atoms. The second kappa shape index (κ2) is 5.72. The van der Waals surface area contributed by atoms with Crippen molar-refractivity contribution in [1.82, 2.24) is 0 Å². The van der Waals surface area contributed by atoms with Gasteiger partial charge in [-0.05, 0) is 37.3 Å². The Morgan fingerprint density at radius 2 is 2.39 bits per heavy atom. The molecule has 1 aliphatic rings. The Hall–Kier alpha value is -0.380. The first-order valence-corrected chi connectivity index (χ1v) is 7.58. The summed E-state index contributed by atoms with van der Waals surface area (Å²) < 4.78 is 6.35. The topological polar surface area (TPSA) is 26.3 Å². The summed E-state index contributed by atoms with van der Waals surface area (Å²) in [7, 11) is 1.66. The third-order valence-electron chi connectivity index (χ3n) is 3.82. The predicted octanol–water partition coefficient (Wildman–Crippen LogP) is 4.11. The number of thiophene rings is 1. The summed E-state index contributed by atoms with van der Waals surface area (Å²) in [5.74, 6) is 0.768. The fraction of sp³-hybridized carbons (Fsp3) is 0.643. The van der Waals surface area contributed by atoms with E-state index >= 15 is 0 Å². The summed E-state index contributed by atoms with van der Waals surface area (Å²) in [5, 5.41) is 0. The second-order valence-corrected chi connectivity index (χ2v) is 7.01. The fourth-order valence-corrected chi connectivity index (χ4v) is 3.91. The highest BCUT2D eigenvalue weighted by Gasteiger charge is 2.41. The smallest absolute Gasteiger partial charge is 0.169 e. The molecule has 1 aliphatic carbocycles. The third kappa shape index (κ3) is 2.95. The third-order valence-corrected chi connectivity index (χ3v) is 5.05. The van der Waals surface area contributed by atoms with Crippen LogP contribution in [0, 0.1) is 5.92 Å². The molecule has 0 saturated heterocycles. The zero-order chi connectivity index (χ0) is 13.2. The Morgan fingerprint density at radius 1 is 1.61 bits per heavy atom. The molecule has 1 saturated carbocycles. The van der Waals surface area contributed by atoms with Crippen molar-refractivity contribution in [3.8, 4) is 0 Å². The van der Waals surface area contributed by atoms with Crippen LogP contribution in [-0.4, -0.2) is 18.5 Å². The Kier molecular flexibility index (Phi) is 4.46. The maximum Gasteiger partial charge on any atom is 0.169 e. The largest absolute Gasteiger partial charge is 0.370 e. The van der Waals surface area contributed by atoms with E-state index in [1.807, 2.05) is 12.1 Å². The number of carbonyl (C=O) groups excluding carboxylic acids is 1. The summed E-state index contributed by atoms with van der Waals surface area (Å²) in [4.78, 5) is 13.5. The van der Waals surface area contributed by atoms with Gasteiger partial charge in [0.05, 0.1) is 4.34 Å². The van der Waals surface area contributed by atoms with Gasteiger partial charge in [-0.3, -0.25) is 4.79 Å². The molecule has 2 nitrogen and oxygen atoms in total. The first-order valence-electron chi connectivity index (χ1n) is 6.38. The van der Waals surface area contributed by atoms with Gasteiger partial charge in [-0.2, -0.15) is 0 Å². The zero-order valence-electron chi connectivity index (χ0n) is 10.9. The van der Waals surface area contributed by atoms with Gasteiger partial charge in [-0.1, -0.05) is 24.9 Å². The number of ketones is 1. The molecule has 1 aromatic heterocycles. The van der Waals surface area contributed by atoms with Crippen LogP contribution in [0.3, 0.4) is 0 Å². The number of methoxy groups -OCH3 is 1. The van der Waals surface area contributed by atoms with Gasteiger partial charge in [0.1, 0.15) is 5.60 Å². The normalized spacial score (nSPS) is 28.3. The van der Waals surface area contributed by atoms with Crippen LogP contribution in [0.2, 0.25) is 4.34 Å². The standard InChI is InChI=1S/C14H19ClO2S/c1-10-4-3-7-14(9-10,17-2)12(16)8-11-5-6-13(15)18-11/h5-6,10H,3-4,7-9H2,1-2H3. The van der Waals surface area contributed by atoms with Crippen LogP contribution in [0.15, 0.2) is 12.1 Å². The minimum Gasteiger partial charge on any atom is -0.370 e. The first-order chi connectivity index (χ1) is 8.55. The number of Topliss-reactive ketones (excluding diaryl/α,β-unsaturated/α-hetero) is 1. The summed E-state index contributed by atoms with van der Waals surface area (Å²) in [6.07, 6.45) is 4.42. The molecule has 1 aromatic rings. The molecule has 1 heterocycles. The monoisotopic (exact) mass is 286 g/mol. The van der Waals surface area contributed by atoms with Gasteiger partial charge in [0.25, 0.3) is 0 Å². The average molecular weight is 287 g/mol. The summed E-state index contributed by atoms with van der Waals surface area (Å²) >= 11 is 7.38. The molecule has 0 aromatic carbocycles. The highest BCUT2D eigenvalue weighted by atomic mass is 35.5. The number of rotatable bonds is 4. The Balaban J connectivity index is 2.09. The number of halogens is 1. The first kappa shape index (κ1) is 14.0. The van der Waals surface area contributed by atoms with Crippen LogP contribution in [0.5, 0.6) is 0 Å². The molecule has 2 unspecified atom stereocenters. The minimum absolute atomic E-state index is 0.204. The van der Waals surface area contributed by atoms with Crippen molar-refractivity contribution in [3.05, 3.63) is 21.3 Å². The van der Waals surface area contributed by atoms with Gasteiger partial charge in [0.2, 0.25) is 0 Å². The summed E-state index contributed by atoms with van der Waals surface area (Å²) in [6, 6.07) is 3.78. The van der Waals surface area contributed by atoms with Crippen molar-refractivity contribution in [1.29, 1.82) is 0 Å². The Morgan fingerprint density at radius 3 is 2.94 bits per heavy atom. The van der Waals surface area contributed by atoms with Crippen molar-refractivity contribution in [3.63, 3.8) is 0 Å². The molecule has 0 N–H and O–H groups in total. The summed E-state index contributed by atoms with van der Waals surface area (Å²) in [5.41, 5.74) is -0.561. The van der Waals surface area contributed by atoms with E-state index in [1.165, 1.54) is 17.8 Å². The minimum atomic E-state index is -0.561. The van der Waals surface area contributed by atoms with Gasteiger partial charge in [-0.25, -0.2) is 0 Å². The van der Waals surface area contributed by atoms with E-state index in [0.717, 1.165) is 28.5 Å². The molecule has 1 fully saturated rings. The highest BCUT2D eigenvalue weighted by Crippen LogP contribution is 2.36. The van der Waals surface area contributed by atoms with E-state index in [9.17, 15) is 4.79 Å². The molecule has 100 valence electrons. The fourth-order valence-electron chi connectivity index (χ4n) is 2.82. The van der Waals surface area contributed by atoms with E-state index in [4.69, 9.17) is 16.3 Å². The lowest BCUT2D eigenvalue weighted by atomic mass is 9.75. The summed E-state index contributed by atoms with van der Waals surface area (Å²) in [6.45, 7) is 2.20. The van der Waals surface area contributed by atoms with Gasteiger partial charge in [0, 0.05) is 18.4 Å². The van der Waals surface area contributed by atoms with Crippen LogP contribution in [0.25, 0.3) is 0 Å². The molecule has 18 heavy (non-hydrogen) atoms. The van der Waals surface area contributed by atoms with E-state index in [1.54, 1.807) is 7.11 Å². The lowest BCUT2D eigenvalue weighted by Gasteiger charge is -2.37. The molecule has 0 radical (unpaired) electrons. The average Bonchev–Trinajstić information content (AvgIpc) is 2.74. The Labute approximate surface area is 117 Å². The lowest BCUT2D eigenvalue weighted by Crippen LogP contribution is -2.45. The number of ether oxygens (including phenoxy) is 1. The maximum atomic E-state index is 12.5. The van der Waals surface area contributed by atoms with Crippen LogP contribution in [-0.2, 0) is 16.0 Å². The van der Waals surface area contributed by atoms with Gasteiger partial charge < -0.3 is 4.74 Å². The zero-order valence-corrected chi connectivity index (χ0v) is 12.4. The number of hydrogen-bond acceptors (Lipinski definition) is 3. The van der Waals surface area contributed by atoms with E-state index in [-0.39, 0.29) is 5.78 Å². The molecule has 0 bridgehead atoms. The van der Waals surface area contributed by atoms with E-state index in [2.05, 4.69) is 6.92 Å².